The monoisotopic (exact) mass is 429 g/mol. The van der Waals surface area contributed by atoms with E-state index in [1.165, 1.54) is 23.4 Å². The normalized spacial score (nSPS) is 12.9. The number of nitrogens with zero attached hydrogens (tertiary/aromatic N) is 3. The van der Waals surface area contributed by atoms with Crippen LogP contribution in [0.3, 0.4) is 0 Å². The topological polar surface area (TPSA) is 64.8 Å². The van der Waals surface area contributed by atoms with Crippen molar-refractivity contribution in [2.45, 2.75) is 17.5 Å². The van der Waals surface area contributed by atoms with E-state index in [0.29, 0.717) is 26.2 Å². The standard InChI is InChI=1S/C17H14Cl3N3O2S/c18-13-3-1-12(2-4-13)9-26(24,25)17(8-23-11-21-10-22-23)15-6-5-14(19)7-16(15)20/h1-7,10-11,17H,8-9H2. The highest BCUT2D eigenvalue weighted by Gasteiger charge is 2.30. The molecule has 1 atom stereocenters. The Kier molecular flexibility index (Phi) is 5.87. The lowest BCUT2D eigenvalue weighted by molar-refractivity contribution is 0.542. The zero-order valence-electron chi connectivity index (χ0n) is 13.4. The third-order valence-electron chi connectivity index (χ3n) is 3.84. The summed E-state index contributed by atoms with van der Waals surface area (Å²) in [5.74, 6) is -0.150. The first-order valence-corrected chi connectivity index (χ1v) is 10.4. The first-order chi connectivity index (χ1) is 12.3. The number of hydrogen-bond donors (Lipinski definition) is 0. The second kappa shape index (κ2) is 7.96. The van der Waals surface area contributed by atoms with Gasteiger partial charge in [-0.3, -0.25) is 4.68 Å². The van der Waals surface area contributed by atoms with Crippen molar-refractivity contribution in [1.82, 2.24) is 14.8 Å². The fraction of sp³-hybridized carbons (Fsp3) is 0.176. The largest absolute Gasteiger partial charge is 0.251 e. The molecule has 0 saturated heterocycles. The number of benzene rings is 2. The molecule has 2 aromatic carbocycles. The van der Waals surface area contributed by atoms with Gasteiger partial charge in [-0.1, -0.05) is 53.0 Å². The predicted molar refractivity (Wildman–Crippen MR) is 103 cm³/mol. The number of hydrogen-bond acceptors (Lipinski definition) is 4. The lowest BCUT2D eigenvalue weighted by atomic mass is 10.1. The second-order valence-electron chi connectivity index (χ2n) is 5.71. The average Bonchev–Trinajstić information content (AvgIpc) is 3.08. The van der Waals surface area contributed by atoms with Crippen molar-refractivity contribution < 1.29 is 8.42 Å². The summed E-state index contributed by atoms with van der Waals surface area (Å²) >= 11 is 18.1. The van der Waals surface area contributed by atoms with Crippen LogP contribution in [0.5, 0.6) is 0 Å². The van der Waals surface area contributed by atoms with Crippen molar-refractivity contribution in [2.24, 2.45) is 0 Å². The van der Waals surface area contributed by atoms with E-state index in [9.17, 15) is 8.42 Å². The fourth-order valence-electron chi connectivity index (χ4n) is 2.58. The van der Waals surface area contributed by atoms with Crippen molar-refractivity contribution in [3.05, 3.63) is 81.3 Å². The van der Waals surface area contributed by atoms with Crippen LogP contribution >= 0.6 is 34.8 Å². The van der Waals surface area contributed by atoms with Gasteiger partial charge in [-0.15, -0.1) is 0 Å². The van der Waals surface area contributed by atoms with Crippen molar-refractivity contribution in [3.63, 3.8) is 0 Å². The van der Waals surface area contributed by atoms with E-state index in [1.807, 2.05) is 0 Å². The van der Waals surface area contributed by atoms with Crippen LogP contribution in [0.4, 0.5) is 0 Å². The Balaban J connectivity index is 1.99. The molecule has 0 aliphatic heterocycles. The minimum atomic E-state index is -3.61. The van der Waals surface area contributed by atoms with Crippen LogP contribution in [-0.2, 0) is 22.1 Å². The molecule has 0 bridgehead atoms. The number of halogens is 3. The summed E-state index contributed by atoms with van der Waals surface area (Å²) in [7, 11) is -3.61. The van der Waals surface area contributed by atoms with Gasteiger partial charge in [-0.25, -0.2) is 13.4 Å². The molecular formula is C17H14Cl3N3O2S. The van der Waals surface area contributed by atoms with E-state index < -0.39 is 15.1 Å². The van der Waals surface area contributed by atoms with E-state index in [0.717, 1.165) is 0 Å². The number of aromatic nitrogens is 3. The summed E-state index contributed by atoms with van der Waals surface area (Å²) in [6, 6.07) is 11.5. The lowest BCUT2D eigenvalue weighted by Crippen LogP contribution is -2.21. The van der Waals surface area contributed by atoms with Crippen molar-refractivity contribution in [2.75, 3.05) is 0 Å². The smallest absolute Gasteiger partial charge is 0.163 e. The first-order valence-electron chi connectivity index (χ1n) is 7.58. The van der Waals surface area contributed by atoms with Crippen LogP contribution in [0, 0.1) is 0 Å². The van der Waals surface area contributed by atoms with Crippen LogP contribution in [0.15, 0.2) is 55.1 Å². The zero-order chi connectivity index (χ0) is 18.7. The zero-order valence-corrected chi connectivity index (χ0v) is 16.5. The van der Waals surface area contributed by atoms with Gasteiger partial charge < -0.3 is 0 Å². The van der Waals surface area contributed by atoms with E-state index in [1.54, 1.807) is 36.4 Å². The van der Waals surface area contributed by atoms with Gasteiger partial charge in [0.1, 0.15) is 17.9 Å². The minimum Gasteiger partial charge on any atom is -0.251 e. The molecule has 1 heterocycles. The Morgan fingerprint density at radius 3 is 2.31 bits per heavy atom. The second-order valence-corrected chi connectivity index (χ2v) is 9.17. The molecule has 0 radical (unpaired) electrons. The Morgan fingerprint density at radius 2 is 1.69 bits per heavy atom. The molecule has 0 saturated carbocycles. The van der Waals surface area contributed by atoms with Gasteiger partial charge in [0.2, 0.25) is 0 Å². The fourth-order valence-corrected chi connectivity index (χ4v) is 5.14. The summed E-state index contributed by atoms with van der Waals surface area (Å²) in [5, 5.41) is 4.40. The highest BCUT2D eigenvalue weighted by Crippen LogP contribution is 2.34. The van der Waals surface area contributed by atoms with Crippen molar-refractivity contribution >= 4 is 44.6 Å². The molecule has 1 aromatic heterocycles. The maximum Gasteiger partial charge on any atom is 0.163 e. The number of rotatable bonds is 6. The van der Waals surface area contributed by atoms with E-state index in [2.05, 4.69) is 10.1 Å². The Labute approximate surface area is 166 Å². The van der Waals surface area contributed by atoms with Gasteiger partial charge in [0.15, 0.2) is 9.84 Å². The quantitative estimate of drug-likeness (QED) is 0.573. The molecular weight excluding hydrogens is 417 g/mol. The van der Waals surface area contributed by atoms with Gasteiger partial charge in [-0.2, -0.15) is 5.10 Å². The Morgan fingerprint density at radius 1 is 1.00 bits per heavy atom. The van der Waals surface area contributed by atoms with Crippen molar-refractivity contribution in [3.8, 4) is 0 Å². The SMILES string of the molecule is O=S(=O)(Cc1ccc(Cl)cc1)C(Cn1cncn1)c1ccc(Cl)cc1Cl. The summed E-state index contributed by atoms with van der Waals surface area (Å²) in [6.07, 6.45) is 2.82. The molecule has 0 amide bonds. The molecule has 1 unspecified atom stereocenters. The molecule has 0 aliphatic rings. The van der Waals surface area contributed by atoms with Crippen LogP contribution in [0.1, 0.15) is 16.4 Å². The van der Waals surface area contributed by atoms with Gasteiger partial charge in [-0.05, 0) is 35.4 Å². The van der Waals surface area contributed by atoms with Crippen LogP contribution < -0.4 is 0 Å². The van der Waals surface area contributed by atoms with E-state index >= 15 is 0 Å². The highest BCUT2D eigenvalue weighted by atomic mass is 35.5. The lowest BCUT2D eigenvalue weighted by Gasteiger charge is -2.19. The third-order valence-corrected chi connectivity index (χ3v) is 6.66. The molecule has 3 aromatic rings. The van der Waals surface area contributed by atoms with Crippen LogP contribution in [-0.4, -0.2) is 23.2 Å². The summed E-state index contributed by atoms with van der Waals surface area (Å²) in [5.41, 5.74) is 1.11. The molecule has 5 nitrogen and oxygen atoms in total. The predicted octanol–water partition coefficient (Wildman–Crippen LogP) is 4.59. The average molecular weight is 431 g/mol. The maximum absolute atomic E-state index is 13.2. The van der Waals surface area contributed by atoms with Gasteiger partial charge in [0.25, 0.3) is 0 Å². The maximum atomic E-state index is 13.2. The first kappa shape index (κ1) is 19.2. The molecule has 26 heavy (non-hydrogen) atoms. The van der Waals surface area contributed by atoms with Gasteiger partial charge >= 0.3 is 0 Å². The third kappa shape index (κ3) is 4.57. The summed E-state index contributed by atoms with van der Waals surface area (Å²) in [6.45, 7) is 0.0945. The molecule has 0 fully saturated rings. The van der Waals surface area contributed by atoms with Gasteiger partial charge in [0, 0.05) is 15.1 Å². The van der Waals surface area contributed by atoms with Gasteiger partial charge in [0.05, 0.1) is 12.3 Å². The molecule has 0 spiro atoms. The molecule has 0 N–H and O–H groups in total. The van der Waals surface area contributed by atoms with Crippen molar-refractivity contribution in [1.29, 1.82) is 0 Å². The highest BCUT2D eigenvalue weighted by molar-refractivity contribution is 7.90. The Bertz CT molecular complexity index is 991. The van der Waals surface area contributed by atoms with Crippen LogP contribution in [0.25, 0.3) is 0 Å². The van der Waals surface area contributed by atoms with E-state index in [4.69, 9.17) is 34.8 Å². The summed E-state index contributed by atoms with van der Waals surface area (Å²) < 4.78 is 27.8. The Hall–Kier alpha value is -1.60. The molecule has 3 rings (SSSR count). The minimum absolute atomic E-state index is 0.0945. The number of sulfone groups is 1. The van der Waals surface area contributed by atoms with Crippen LogP contribution in [0.2, 0.25) is 15.1 Å². The molecule has 9 heteroatoms. The van der Waals surface area contributed by atoms with E-state index in [-0.39, 0.29) is 12.3 Å². The summed E-state index contributed by atoms with van der Waals surface area (Å²) in [4.78, 5) is 3.87. The molecule has 136 valence electrons. The molecule has 0 aliphatic carbocycles.